The van der Waals surface area contributed by atoms with Crippen LogP contribution in [0.4, 0.5) is 0 Å². The van der Waals surface area contributed by atoms with Crippen LogP contribution in [-0.4, -0.2) is 26.0 Å². The highest BCUT2D eigenvalue weighted by Crippen LogP contribution is 2.25. The first-order chi connectivity index (χ1) is 12.6. The largest absolute Gasteiger partial charge is 0.497 e. The molecule has 0 spiro atoms. The number of hydrogen-bond donors (Lipinski definition) is 2. The first-order valence-corrected chi connectivity index (χ1v) is 8.22. The standard InChI is InChI=1S/C20H20N2O4/c1-21-20(24)14-5-3-13(4-6-14)11-22-19(23)9-15-12-26-18-10-16(25-2)7-8-17(15)18/h3-8,10,12H,9,11H2,1-2H3,(H,21,24)(H,22,23). The summed E-state index contributed by atoms with van der Waals surface area (Å²) >= 11 is 0. The van der Waals surface area contributed by atoms with E-state index in [1.165, 1.54) is 0 Å². The zero-order valence-electron chi connectivity index (χ0n) is 14.7. The molecule has 0 saturated heterocycles. The van der Waals surface area contributed by atoms with Crippen LogP contribution in [0.5, 0.6) is 5.75 Å². The minimum Gasteiger partial charge on any atom is -0.497 e. The van der Waals surface area contributed by atoms with Crippen LogP contribution in [0.25, 0.3) is 11.0 Å². The van der Waals surface area contributed by atoms with E-state index in [9.17, 15) is 9.59 Å². The van der Waals surface area contributed by atoms with E-state index in [1.807, 2.05) is 24.3 Å². The molecule has 2 amide bonds. The van der Waals surface area contributed by atoms with Gasteiger partial charge in [-0.05, 0) is 29.8 Å². The number of carbonyl (C=O) groups is 2. The fourth-order valence-corrected chi connectivity index (χ4v) is 2.68. The van der Waals surface area contributed by atoms with E-state index in [0.29, 0.717) is 23.4 Å². The van der Waals surface area contributed by atoms with E-state index >= 15 is 0 Å². The molecular weight excluding hydrogens is 332 g/mol. The molecule has 2 aromatic carbocycles. The lowest BCUT2D eigenvalue weighted by atomic mass is 10.1. The van der Waals surface area contributed by atoms with Crippen molar-refractivity contribution in [2.75, 3.05) is 14.2 Å². The van der Waals surface area contributed by atoms with Crippen molar-refractivity contribution in [3.05, 3.63) is 65.4 Å². The summed E-state index contributed by atoms with van der Waals surface area (Å²) in [6, 6.07) is 12.6. The summed E-state index contributed by atoms with van der Waals surface area (Å²) in [6.07, 6.45) is 1.83. The monoisotopic (exact) mass is 352 g/mol. The zero-order valence-corrected chi connectivity index (χ0v) is 14.7. The summed E-state index contributed by atoms with van der Waals surface area (Å²) in [4.78, 5) is 23.7. The lowest BCUT2D eigenvalue weighted by Crippen LogP contribution is -2.24. The SMILES string of the molecule is CNC(=O)c1ccc(CNC(=O)Cc2coc3cc(OC)ccc23)cc1. The Morgan fingerprint density at radius 2 is 1.88 bits per heavy atom. The fraction of sp³-hybridized carbons (Fsp3) is 0.200. The quantitative estimate of drug-likeness (QED) is 0.715. The Morgan fingerprint density at radius 3 is 2.58 bits per heavy atom. The maximum absolute atomic E-state index is 12.2. The third kappa shape index (κ3) is 3.85. The summed E-state index contributed by atoms with van der Waals surface area (Å²) in [5, 5.41) is 6.35. The third-order valence-corrected chi connectivity index (χ3v) is 4.15. The highest BCUT2D eigenvalue weighted by atomic mass is 16.5. The second-order valence-corrected chi connectivity index (χ2v) is 5.85. The van der Waals surface area contributed by atoms with Crippen molar-refractivity contribution in [3.8, 4) is 5.75 Å². The minimum absolute atomic E-state index is 0.0982. The second-order valence-electron chi connectivity index (χ2n) is 5.85. The molecule has 134 valence electrons. The fourth-order valence-electron chi connectivity index (χ4n) is 2.68. The first-order valence-electron chi connectivity index (χ1n) is 8.22. The van der Waals surface area contributed by atoms with Crippen LogP contribution >= 0.6 is 0 Å². The van der Waals surface area contributed by atoms with Gasteiger partial charge in [-0.15, -0.1) is 0 Å². The molecule has 0 radical (unpaired) electrons. The van der Waals surface area contributed by atoms with Crippen LogP contribution in [0.15, 0.2) is 53.1 Å². The van der Waals surface area contributed by atoms with Gasteiger partial charge in [0.1, 0.15) is 11.3 Å². The molecule has 6 nitrogen and oxygen atoms in total. The average molecular weight is 352 g/mol. The van der Waals surface area contributed by atoms with E-state index in [4.69, 9.17) is 9.15 Å². The van der Waals surface area contributed by atoms with E-state index < -0.39 is 0 Å². The molecule has 0 aliphatic heterocycles. The smallest absolute Gasteiger partial charge is 0.251 e. The van der Waals surface area contributed by atoms with Gasteiger partial charge in [0.05, 0.1) is 19.8 Å². The van der Waals surface area contributed by atoms with Gasteiger partial charge < -0.3 is 19.8 Å². The van der Waals surface area contributed by atoms with Crippen molar-refractivity contribution < 1.29 is 18.7 Å². The molecule has 3 aromatic rings. The summed E-state index contributed by atoms with van der Waals surface area (Å²) in [6.45, 7) is 0.399. The molecule has 2 N–H and O–H groups in total. The van der Waals surface area contributed by atoms with Gasteiger partial charge in [0, 0.05) is 36.2 Å². The molecule has 0 fully saturated rings. The van der Waals surface area contributed by atoms with Crippen LogP contribution in [0.2, 0.25) is 0 Å². The Bertz CT molecular complexity index is 929. The molecule has 1 aromatic heterocycles. The van der Waals surface area contributed by atoms with E-state index in [-0.39, 0.29) is 18.2 Å². The minimum atomic E-state index is -0.135. The van der Waals surface area contributed by atoms with E-state index in [0.717, 1.165) is 16.5 Å². The molecule has 3 rings (SSSR count). The van der Waals surface area contributed by atoms with E-state index in [2.05, 4.69) is 10.6 Å². The molecule has 0 aliphatic carbocycles. The van der Waals surface area contributed by atoms with Gasteiger partial charge in [0.15, 0.2) is 0 Å². The number of methoxy groups -OCH3 is 1. The average Bonchev–Trinajstić information content (AvgIpc) is 3.08. The van der Waals surface area contributed by atoms with Gasteiger partial charge in [-0.3, -0.25) is 9.59 Å². The zero-order chi connectivity index (χ0) is 18.5. The number of carbonyl (C=O) groups excluding carboxylic acids is 2. The van der Waals surface area contributed by atoms with Gasteiger partial charge in [0.25, 0.3) is 5.91 Å². The van der Waals surface area contributed by atoms with Gasteiger partial charge in [-0.25, -0.2) is 0 Å². The number of nitrogens with one attached hydrogen (secondary N) is 2. The number of hydrogen-bond acceptors (Lipinski definition) is 4. The first kappa shape index (κ1) is 17.5. The number of fused-ring (bicyclic) bond motifs is 1. The Labute approximate surface area is 151 Å². The number of rotatable bonds is 6. The molecule has 0 bridgehead atoms. The number of ether oxygens (including phenoxy) is 1. The number of amides is 2. The lowest BCUT2D eigenvalue weighted by Gasteiger charge is -2.06. The van der Waals surface area contributed by atoms with Crippen molar-refractivity contribution in [1.82, 2.24) is 10.6 Å². The predicted molar refractivity (Wildman–Crippen MR) is 98.1 cm³/mol. The van der Waals surface area contributed by atoms with Gasteiger partial charge in [-0.1, -0.05) is 12.1 Å². The summed E-state index contributed by atoms with van der Waals surface area (Å²) in [5.74, 6) is 0.478. The maximum Gasteiger partial charge on any atom is 0.251 e. The van der Waals surface area contributed by atoms with Crippen LogP contribution < -0.4 is 15.4 Å². The van der Waals surface area contributed by atoms with Crippen molar-refractivity contribution in [2.45, 2.75) is 13.0 Å². The predicted octanol–water partition coefficient (Wildman–Crippen LogP) is 2.66. The number of furan rings is 1. The Kier molecular flexibility index (Phi) is 5.22. The van der Waals surface area contributed by atoms with Crippen molar-refractivity contribution >= 4 is 22.8 Å². The third-order valence-electron chi connectivity index (χ3n) is 4.15. The molecule has 0 aliphatic rings. The lowest BCUT2D eigenvalue weighted by molar-refractivity contribution is -0.120. The van der Waals surface area contributed by atoms with Gasteiger partial charge in [-0.2, -0.15) is 0 Å². The van der Waals surface area contributed by atoms with Crippen molar-refractivity contribution in [3.63, 3.8) is 0 Å². The van der Waals surface area contributed by atoms with Crippen LogP contribution in [0.1, 0.15) is 21.5 Å². The summed E-state index contributed by atoms with van der Waals surface area (Å²) < 4.78 is 10.7. The maximum atomic E-state index is 12.2. The summed E-state index contributed by atoms with van der Waals surface area (Å²) in [5.41, 5.74) is 3.03. The summed E-state index contributed by atoms with van der Waals surface area (Å²) in [7, 11) is 3.19. The van der Waals surface area contributed by atoms with Crippen LogP contribution in [0, 0.1) is 0 Å². The Hall–Kier alpha value is -3.28. The number of benzene rings is 2. The normalized spacial score (nSPS) is 10.5. The van der Waals surface area contributed by atoms with Crippen LogP contribution in [0.3, 0.4) is 0 Å². The molecular formula is C20H20N2O4. The van der Waals surface area contributed by atoms with Crippen LogP contribution in [-0.2, 0) is 17.8 Å². The van der Waals surface area contributed by atoms with Crippen molar-refractivity contribution in [1.29, 1.82) is 0 Å². The highest BCUT2D eigenvalue weighted by molar-refractivity contribution is 5.94. The Balaban J connectivity index is 1.60. The molecule has 0 atom stereocenters. The highest BCUT2D eigenvalue weighted by Gasteiger charge is 2.11. The topological polar surface area (TPSA) is 80.6 Å². The molecule has 1 heterocycles. The Morgan fingerprint density at radius 1 is 1.12 bits per heavy atom. The molecule has 26 heavy (non-hydrogen) atoms. The molecule has 0 unspecified atom stereocenters. The molecule has 0 saturated carbocycles. The van der Waals surface area contributed by atoms with Gasteiger partial charge in [0.2, 0.25) is 5.91 Å². The molecule has 6 heteroatoms. The van der Waals surface area contributed by atoms with Gasteiger partial charge >= 0.3 is 0 Å². The van der Waals surface area contributed by atoms with E-state index in [1.54, 1.807) is 38.6 Å². The van der Waals surface area contributed by atoms with Crippen molar-refractivity contribution in [2.24, 2.45) is 0 Å². The second kappa shape index (κ2) is 7.74.